The van der Waals surface area contributed by atoms with Gasteiger partial charge < -0.3 is 9.88 Å². The monoisotopic (exact) mass is 283 g/mol. The van der Waals surface area contributed by atoms with Gasteiger partial charge in [-0.2, -0.15) is 0 Å². The van der Waals surface area contributed by atoms with Crippen molar-refractivity contribution in [3.8, 4) is 0 Å². The molecule has 4 nitrogen and oxygen atoms in total. The molecule has 1 N–H and O–H groups in total. The van der Waals surface area contributed by atoms with Crippen molar-refractivity contribution >= 4 is 5.91 Å². The van der Waals surface area contributed by atoms with Gasteiger partial charge >= 0.3 is 0 Å². The third kappa shape index (κ3) is 2.99. The van der Waals surface area contributed by atoms with E-state index in [2.05, 4.69) is 23.0 Å². The summed E-state index contributed by atoms with van der Waals surface area (Å²) in [5, 5.41) is 0. The average molecular weight is 283 g/mol. The van der Waals surface area contributed by atoms with Gasteiger partial charge in [0.15, 0.2) is 0 Å². The van der Waals surface area contributed by atoms with Gasteiger partial charge in [-0.3, -0.25) is 4.79 Å². The van der Waals surface area contributed by atoms with Crippen molar-refractivity contribution in [2.45, 2.75) is 32.6 Å². The fourth-order valence-corrected chi connectivity index (χ4v) is 2.93. The van der Waals surface area contributed by atoms with E-state index >= 15 is 0 Å². The molecule has 3 rings (SSSR count). The van der Waals surface area contributed by atoms with Crippen molar-refractivity contribution in [2.75, 3.05) is 13.1 Å². The summed E-state index contributed by atoms with van der Waals surface area (Å²) >= 11 is 0. The van der Waals surface area contributed by atoms with Gasteiger partial charge in [0.25, 0.3) is 0 Å². The molecular formula is C17H21N3O. The Hall–Kier alpha value is -2.10. The van der Waals surface area contributed by atoms with Crippen molar-refractivity contribution < 1.29 is 4.79 Å². The lowest BCUT2D eigenvalue weighted by Crippen LogP contribution is -2.30. The number of rotatable bonds is 3. The molecule has 1 unspecified atom stereocenters. The summed E-state index contributed by atoms with van der Waals surface area (Å²) in [5.74, 6) is 1.58. The van der Waals surface area contributed by atoms with Crippen molar-refractivity contribution in [3.63, 3.8) is 0 Å². The number of hydrogen-bond acceptors (Lipinski definition) is 2. The van der Waals surface area contributed by atoms with E-state index in [0.717, 1.165) is 36.6 Å². The highest BCUT2D eigenvalue weighted by molar-refractivity contribution is 5.79. The van der Waals surface area contributed by atoms with Gasteiger partial charge in [-0.15, -0.1) is 0 Å². The number of hydrogen-bond donors (Lipinski definition) is 1. The Morgan fingerprint density at radius 2 is 2.19 bits per heavy atom. The third-order valence-electron chi connectivity index (χ3n) is 4.25. The minimum absolute atomic E-state index is 0.218. The molecule has 1 fully saturated rings. The van der Waals surface area contributed by atoms with Gasteiger partial charge in [-0.25, -0.2) is 4.98 Å². The van der Waals surface area contributed by atoms with Gasteiger partial charge in [0, 0.05) is 30.9 Å². The van der Waals surface area contributed by atoms with E-state index in [1.807, 2.05) is 36.2 Å². The molecule has 1 amide bonds. The molecule has 21 heavy (non-hydrogen) atoms. The Morgan fingerprint density at radius 1 is 1.38 bits per heavy atom. The highest BCUT2D eigenvalue weighted by Gasteiger charge is 2.28. The van der Waals surface area contributed by atoms with Crippen molar-refractivity contribution in [2.24, 2.45) is 0 Å². The number of carbonyl (C=O) groups is 1. The van der Waals surface area contributed by atoms with E-state index in [-0.39, 0.29) is 5.91 Å². The lowest BCUT2D eigenvalue weighted by Gasteiger charge is -2.17. The van der Waals surface area contributed by atoms with Crippen LogP contribution in [0.25, 0.3) is 0 Å². The van der Waals surface area contributed by atoms with Crippen LogP contribution >= 0.6 is 0 Å². The molecule has 0 spiro atoms. The van der Waals surface area contributed by atoms with E-state index in [1.165, 1.54) is 5.56 Å². The first kappa shape index (κ1) is 13.9. The molecular weight excluding hydrogens is 262 g/mol. The molecule has 2 heterocycles. The Kier molecular flexibility index (Phi) is 3.78. The molecule has 1 aromatic heterocycles. The van der Waals surface area contributed by atoms with Crippen LogP contribution in [0.1, 0.15) is 35.0 Å². The molecule has 0 bridgehead atoms. The molecule has 1 aromatic carbocycles. The molecule has 1 aliphatic heterocycles. The Morgan fingerprint density at radius 3 is 2.90 bits per heavy atom. The number of amides is 1. The zero-order valence-electron chi connectivity index (χ0n) is 12.6. The van der Waals surface area contributed by atoms with Crippen LogP contribution in [-0.2, 0) is 11.2 Å². The normalized spacial score (nSPS) is 18.2. The van der Waals surface area contributed by atoms with Crippen molar-refractivity contribution in [1.29, 1.82) is 0 Å². The largest absolute Gasteiger partial charge is 0.346 e. The number of aromatic amines is 1. The summed E-state index contributed by atoms with van der Waals surface area (Å²) in [4.78, 5) is 22.1. The first-order valence-electron chi connectivity index (χ1n) is 7.47. The Bertz CT molecular complexity index is 647. The fourth-order valence-electron chi connectivity index (χ4n) is 2.93. The first-order chi connectivity index (χ1) is 10.1. The predicted molar refractivity (Wildman–Crippen MR) is 82.1 cm³/mol. The summed E-state index contributed by atoms with van der Waals surface area (Å²) in [5.41, 5.74) is 3.39. The number of carbonyl (C=O) groups excluding carboxylic acids is 1. The van der Waals surface area contributed by atoms with Crippen LogP contribution in [0.3, 0.4) is 0 Å². The van der Waals surface area contributed by atoms with Gasteiger partial charge in [-0.1, -0.05) is 24.3 Å². The molecule has 110 valence electrons. The number of H-pyrrole nitrogens is 1. The number of aryl methyl sites for hydroxylation is 2. The van der Waals surface area contributed by atoms with Crippen molar-refractivity contribution in [1.82, 2.24) is 14.9 Å². The number of imidazole rings is 1. The number of nitrogens with zero attached hydrogens (tertiary/aromatic N) is 2. The quantitative estimate of drug-likeness (QED) is 0.941. The number of likely N-dealkylation sites (tertiary alicyclic amines) is 1. The zero-order chi connectivity index (χ0) is 14.8. The first-order valence-corrected chi connectivity index (χ1v) is 7.47. The zero-order valence-corrected chi connectivity index (χ0v) is 12.6. The molecule has 1 aliphatic rings. The number of benzene rings is 1. The minimum atomic E-state index is 0.218. The van der Waals surface area contributed by atoms with E-state index in [4.69, 9.17) is 0 Å². The van der Waals surface area contributed by atoms with Crippen molar-refractivity contribution in [3.05, 3.63) is 53.1 Å². The predicted octanol–water partition coefficient (Wildman–Crippen LogP) is 2.59. The standard InChI is InChI=1S/C17H21N3O/c1-12-5-3-4-6-14(12)9-16(21)20-8-7-15(11-20)17-18-10-13(2)19-17/h3-6,10,15H,7-9,11H2,1-2H3,(H,18,19). The smallest absolute Gasteiger partial charge is 0.227 e. The van der Waals surface area contributed by atoms with Gasteiger partial charge in [0.2, 0.25) is 5.91 Å². The Balaban J connectivity index is 1.63. The molecule has 0 radical (unpaired) electrons. The average Bonchev–Trinajstić information content (AvgIpc) is 3.10. The molecule has 0 saturated carbocycles. The van der Waals surface area contributed by atoms with Crippen LogP contribution in [0.5, 0.6) is 0 Å². The second kappa shape index (κ2) is 5.72. The molecule has 2 aromatic rings. The molecule has 1 atom stereocenters. The lowest BCUT2D eigenvalue weighted by molar-refractivity contribution is -0.129. The van der Waals surface area contributed by atoms with Crippen LogP contribution in [-0.4, -0.2) is 33.9 Å². The van der Waals surface area contributed by atoms with E-state index in [9.17, 15) is 4.79 Å². The Labute approximate surface area is 125 Å². The van der Waals surface area contributed by atoms with Gasteiger partial charge in [0.1, 0.15) is 5.82 Å². The lowest BCUT2D eigenvalue weighted by atomic mass is 10.1. The fraction of sp³-hybridized carbons (Fsp3) is 0.412. The maximum atomic E-state index is 12.4. The van der Waals surface area contributed by atoms with Crippen LogP contribution in [0.4, 0.5) is 0 Å². The second-order valence-corrected chi connectivity index (χ2v) is 5.88. The summed E-state index contributed by atoms with van der Waals surface area (Å²) in [6, 6.07) is 8.10. The molecule has 0 aliphatic carbocycles. The summed E-state index contributed by atoms with van der Waals surface area (Å²) in [7, 11) is 0. The summed E-state index contributed by atoms with van der Waals surface area (Å²) in [6.07, 6.45) is 3.34. The minimum Gasteiger partial charge on any atom is -0.346 e. The molecule has 4 heteroatoms. The van der Waals surface area contributed by atoms with E-state index in [0.29, 0.717) is 12.3 Å². The van der Waals surface area contributed by atoms with E-state index < -0.39 is 0 Å². The van der Waals surface area contributed by atoms with Crippen LogP contribution in [0.2, 0.25) is 0 Å². The van der Waals surface area contributed by atoms with Crippen LogP contribution in [0.15, 0.2) is 30.5 Å². The highest BCUT2D eigenvalue weighted by atomic mass is 16.2. The highest BCUT2D eigenvalue weighted by Crippen LogP contribution is 2.25. The van der Waals surface area contributed by atoms with E-state index in [1.54, 1.807) is 0 Å². The molecule has 1 saturated heterocycles. The maximum Gasteiger partial charge on any atom is 0.227 e. The topological polar surface area (TPSA) is 49.0 Å². The third-order valence-corrected chi connectivity index (χ3v) is 4.25. The summed E-state index contributed by atoms with van der Waals surface area (Å²) < 4.78 is 0. The number of aromatic nitrogens is 2. The second-order valence-electron chi connectivity index (χ2n) is 5.88. The maximum absolute atomic E-state index is 12.4. The SMILES string of the molecule is Cc1cnc(C2CCN(C(=O)Cc3ccccc3C)C2)[nH]1. The number of nitrogens with one attached hydrogen (secondary N) is 1. The van der Waals surface area contributed by atoms with Crippen LogP contribution in [0, 0.1) is 13.8 Å². The summed E-state index contributed by atoms with van der Waals surface area (Å²) in [6.45, 7) is 5.67. The van der Waals surface area contributed by atoms with Gasteiger partial charge in [-0.05, 0) is 31.4 Å². The van der Waals surface area contributed by atoms with Crippen LogP contribution < -0.4 is 0 Å². The van der Waals surface area contributed by atoms with Gasteiger partial charge in [0.05, 0.1) is 6.42 Å².